The van der Waals surface area contributed by atoms with Crippen molar-refractivity contribution < 1.29 is 20.0 Å². The van der Waals surface area contributed by atoms with Crippen molar-refractivity contribution in [3.05, 3.63) is 70.3 Å². The number of carbonyl (C=O) groups excluding carboxylic acids is 1. The van der Waals surface area contributed by atoms with E-state index >= 15 is 0 Å². The maximum Gasteiger partial charge on any atom is 0.343 e. The molecule has 4 rings (SSSR count). The molecule has 0 saturated heterocycles. The Morgan fingerprint density at radius 1 is 1.25 bits per heavy atom. The van der Waals surface area contributed by atoms with Crippen molar-refractivity contribution >= 4 is 40.6 Å². The Morgan fingerprint density at radius 2 is 1.96 bits per heavy atom. The van der Waals surface area contributed by atoms with E-state index in [4.69, 9.17) is 22.2 Å². The normalized spacial score (nSPS) is 12.4. The zero-order valence-corrected chi connectivity index (χ0v) is 15.6. The van der Waals surface area contributed by atoms with Gasteiger partial charge in [-0.3, -0.25) is 8.97 Å². The van der Waals surface area contributed by atoms with Gasteiger partial charge in [-0.1, -0.05) is 12.1 Å². The summed E-state index contributed by atoms with van der Waals surface area (Å²) in [5.74, 6) is -0.506. The average molecular weight is 396 g/mol. The lowest BCUT2D eigenvalue weighted by Crippen LogP contribution is -2.99. The Bertz CT molecular complexity index is 1240. The number of fused-ring (bicyclic) bond motifs is 3. The van der Waals surface area contributed by atoms with Crippen LogP contribution in [0, 0.1) is 9.98 Å². The summed E-state index contributed by atoms with van der Waals surface area (Å²) in [4.78, 5) is 17.1. The minimum atomic E-state index is -1.02. The number of nitrogens with zero attached hydrogens (tertiary/aromatic N) is 3. The van der Waals surface area contributed by atoms with E-state index in [-0.39, 0.29) is 17.9 Å². The Kier molecular flexibility index (Phi) is 4.65. The highest BCUT2D eigenvalue weighted by Gasteiger charge is 2.19. The van der Waals surface area contributed by atoms with Crippen molar-refractivity contribution in [3.63, 3.8) is 0 Å². The Hall–Kier alpha value is -3.11. The number of aromatic nitrogens is 3. The van der Waals surface area contributed by atoms with Gasteiger partial charge in [0, 0.05) is 24.0 Å². The lowest BCUT2D eigenvalue weighted by molar-refractivity contribution is -0.991. The fourth-order valence-corrected chi connectivity index (χ4v) is 3.40. The molecule has 1 unspecified atom stereocenters. The van der Waals surface area contributed by atoms with Crippen molar-refractivity contribution in [3.8, 4) is 5.69 Å². The lowest BCUT2D eigenvalue weighted by Gasteiger charge is -2.14. The molecule has 0 aliphatic rings. The molecule has 142 valence electrons. The molecule has 2 aromatic carbocycles. The monoisotopic (exact) mass is 396 g/mol. The molecule has 0 amide bonds. The molecule has 0 saturated carbocycles. The molecular formula is C19H16N4O4S. The van der Waals surface area contributed by atoms with Gasteiger partial charge in [-0.2, -0.15) is 5.23 Å². The maximum atomic E-state index is 12.6. The summed E-state index contributed by atoms with van der Waals surface area (Å²) in [6, 6.07) is 13.7. The van der Waals surface area contributed by atoms with Gasteiger partial charge in [-0.05, 0) is 43.4 Å². The smallest absolute Gasteiger partial charge is 0.343 e. The lowest BCUT2D eigenvalue weighted by atomic mass is 10.2. The zero-order valence-electron chi connectivity index (χ0n) is 14.8. The van der Waals surface area contributed by atoms with Crippen LogP contribution >= 0.6 is 12.2 Å². The number of nitrogens with one attached hydrogen (secondary N) is 1. The summed E-state index contributed by atoms with van der Waals surface area (Å²) in [5, 5.41) is 19.2. The van der Waals surface area contributed by atoms with Gasteiger partial charge in [0.25, 0.3) is 0 Å². The fraction of sp³-hybridized carbons (Fsp3) is 0.105. The highest BCUT2D eigenvalue weighted by molar-refractivity contribution is 7.71. The molecule has 2 aromatic heterocycles. The molecule has 0 radical (unpaired) electrons. The second-order valence-corrected chi connectivity index (χ2v) is 6.39. The van der Waals surface area contributed by atoms with E-state index in [9.17, 15) is 10.0 Å². The Morgan fingerprint density at radius 3 is 2.64 bits per heavy atom. The summed E-state index contributed by atoms with van der Waals surface area (Å²) in [6.07, 6.45) is 1.58. The van der Waals surface area contributed by atoms with Crippen LogP contribution in [0.5, 0.6) is 0 Å². The van der Waals surface area contributed by atoms with Crippen molar-refractivity contribution in [2.45, 2.75) is 6.92 Å². The first-order valence-corrected chi connectivity index (χ1v) is 8.95. The number of hydrogen-bond acceptors (Lipinski definition) is 6. The fourth-order valence-electron chi connectivity index (χ4n) is 3.05. The van der Waals surface area contributed by atoms with Crippen LogP contribution in [-0.4, -0.2) is 31.7 Å². The predicted octanol–water partition coefficient (Wildman–Crippen LogP) is 2.59. The van der Waals surface area contributed by atoms with E-state index in [0.717, 1.165) is 5.52 Å². The molecule has 0 bridgehead atoms. The number of imidazole rings is 1. The summed E-state index contributed by atoms with van der Waals surface area (Å²) < 4.78 is 8.97. The van der Waals surface area contributed by atoms with Gasteiger partial charge in [0.1, 0.15) is 5.56 Å². The molecule has 2 heterocycles. The van der Waals surface area contributed by atoms with Crippen LogP contribution in [-0.2, 0) is 4.74 Å². The van der Waals surface area contributed by atoms with Crippen LogP contribution in [0.3, 0.4) is 0 Å². The molecular weight excluding hydrogens is 380 g/mol. The number of quaternary nitrogens is 1. The van der Waals surface area contributed by atoms with E-state index in [0.29, 0.717) is 21.6 Å². The summed E-state index contributed by atoms with van der Waals surface area (Å²) >= 11 is 5.67. The summed E-state index contributed by atoms with van der Waals surface area (Å²) in [5.41, 5.74) is 2.95. The first-order valence-electron chi connectivity index (χ1n) is 8.55. The van der Waals surface area contributed by atoms with Crippen LogP contribution in [0.2, 0.25) is 0 Å². The van der Waals surface area contributed by atoms with E-state index in [2.05, 4.69) is 4.98 Å². The first kappa shape index (κ1) is 18.3. The molecule has 1 atom stereocenters. The summed E-state index contributed by atoms with van der Waals surface area (Å²) in [7, 11) is 0. The number of esters is 1. The second-order valence-electron chi connectivity index (χ2n) is 6.03. The van der Waals surface area contributed by atoms with Gasteiger partial charge in [0.2, 0.25) is 0 Å². The van der Waals surface area contributed by atoms with Gasteiger partial charge in [-0.25, -0.2) is 15.0 Å². The maximum absolute atomic E-state index is 12.6. The predicted molar refractivity (Wildman–Crippen MR) is 105 cm³/mol. The van der Waals surface area contributed by atoms with Crippen molar-refractivity contribution in [2.75, 3.05) is 6.61 Å². The van der Waals surface area contributed by atoms with Crippen LogP contribution in [0.1, 0.15) is 17.3 Å². The van der Waals surface area contributed by atoms with E-state index in [1.54, 1.807) is 34.2 Å². The number of rotatable bonds is 4. The molecule has 0 spiro atoms. The highest BCUT2D eigenvalue weighted by Crippen LogP contribution is 2.23. The third-order valence-corrected chi connectivity index (χ3v) is 4.72. The topological polar surface area (TPSA) is 96.3 Å². The minimum absolute atomic E-state index is 0.162. The largest absolute Gasteiger partial charge is 0.595 e. The summed E-state index contributed by atoms with van der Waals surface area (Å²) in [6.45, 7) is 1.96. The number of benzene rings is 2. The van der Waals surface area contributed by atoms with Crippen LogP contribution in [0.4, 0.5) is 5.69 Å². The molecule has 9 heteroatoms. The van der Waals surface area contributed by atoms with Crippen LogP contribution in [0.15, 0.2) is 54.7 Å². The average Bonchev–Trinajstić information content (AvgIpc) is 3.08. The van der Waals surface area contributed by atoms with Gasteiger partial charge < -0.3 is 9.94 Å². The molecule has 28 heavy (non-hydrogen) atoms. The van der Waals surface area contributed by atoms with Crippen LogP contribution in [0.25, 0.3) is 22.4 Å². The third-order valence-electron chi connectivity index (χ3n) is 4.35. The van der Waals surface area contributed by atoms with E-state index in [1.165, 1.54) is 12.1 Å². The standard InChI is InChI=1S/C19H16N4O4S/c1-2-27-18(24)14-11-21(12-7-9-13(10-8-12)23(25)26)19(28)22-16-6-4-3-5-15(16)20-17(14)22/h3-11,23,25H,2H2,1H3. The van der Waals surface area contributed by atoms with Crippen molar-refractivity contribution in [1.82, 2.24) is 14.0 Å². The SMILES string of the molecule is CCOC(=O)c1cn(-c2ccc([NH+]([O-])O)cc2)c(=S)n2c1nc1ccccc12. The quantitative estimate of drug-likeness (QED) is 0.313. The zero-order chi connectivity index (χ0) is 19.8. The Labute approximate surface area is 164 Å². The number of hydrogen-bond donors (Lipinski definition) is 2. The molecule has 8 nitrogen and oxygen atoms in total. The Balaban J connectivity index is 2.03. The third kappa shape index (κ3) is 2.96. The van der Waals surface area contributed by atoms with Gasteiger partial charge in [0.15, 0.2) is 16.1 Å². The van der Waals surface area contributed by atoms with Crippen molar-refractivity contribution in [1.29, 1.82) is 0 Å². The van der Waals surface area contributed by atoms with Gasteiger partial charge in [0.05, 0.1) is 17.6 Å². The molecule has 0 aliphatic carbocycles. The molecule has 0 fully saturated rings. The van der Waals surface area contributed by atoms with Crippen molar-refractivity contribution in [2.24, 2.45) is 0 Å². The van der Waals surface area contributed by atoms with Crippen LogP contribution < -0.4 is 5.23 Å². The van der Waals surface area contributed by atoms with Gasteiger partial charge in [-0.15, -0.1) is 0 Å². The number of ether oxygens (including phenoxy) is 1. The molecule has 4 aromatic rings. The second kappa shape index (κ2) is 7.13. The number of para-hydroxylation sites is 2. The highest BCUT2D eigenvalue weighted by atomic mass is 32.1. The van der Waals surface area contributed by atoms with E-state index in [1.807, 2.05) is 24.3 Å². The van der Waals surface area contributed by atoms with Gasteiger partial charge >= 0.3 is 5.97 Å². The minimum Gasteiger partial charge on any atom is -0.595 e. The van der Waals surface area contributed by atoms with E-state index < -0.39 is 11.2 Å². The molecule has 0 aliphatic heterocycles. The molecule has 2 N–H and O–H groups in total. The first-order chi connectivity index (χ1) is 13.5. The number of carbonyl (C=O) groups is 1.